The first-order chi connectivity index (χ1) is 12.9. The van der Waals surface area contributed by atoms with Gasteiger partial charge in [0.1, 0.15) is 17.0 Å². The first-order valence-corrected chi connectivity index (χ1v) is 9.06. The molecule has 1 aliphatic heterocycles. The highest BCUT2D eigenvalue weighted by atomic mass is 35.5. The molecule has 142 valence electrons. The largest absolute Gasteiger partial charge is 0.497 e. The van der Waals surface area contributed by atoms with Crippen molar-refractivity contribution in [1.29, 1.82) is 0 Å². The van der Waals surface area contributed by atoms with E-state index in [1.165, 1.54) is 0 Å². The molecule has 0 saturated carbocycles. The van der Waals surface area contributed by atoms with Gasteiger partial charge in [-0.2, -0.15) is 0 Å². The number of aromatic nitrogens is 2. The minimum atomic E-state index is -0.998. The fourth-order valence-electron chi connectivity index (χ4n) is 3.68. The topological polar surface area (TPSA) is 65.7 Å². The summed E-state index contributed by atoms with van der Waals surface area (Å²) in [5, 5.41) is 12.4. The highest BCUT2D eigenvalue weighted by molar-refractivity contribution is 6.30. The van der Waals surface area contributed by atoms with Crippen molar-refractivity contribution in [2.24, 2.45) is 7.05 Å². The number of pyridine rings is 1. The van der Waals surface area contributed by atoms with Crippen LogP contribution in [-0.4, -0.2) is 35.0 Å². The number of benzene rings is 1. The van der Waals surface area contributed by atoms with Gasteiger partial charge in [0, 0.05) is 47.0 Å². The third kappa shape index (κ3) is 2.99. The first kappa shape index (κ1) is 18.3. The Labute approximate surface area is 162 Å². The molecule has 1 unspecified atom stereocenters. The number of nitrogens with zero attached hydrogens (tertiary/aromatic N) is 2. The Hall–Kier alpha value is -2.12. The Morgan fingerprint density at radius 1 is 1.30 bits per heavy atom. The van der Waals surface area contributed by atoms with Gasteiger partial charge in [0.05, 0.1) is 20.3 Å². The second-order valence-electron chi connectivity index (χ2n) is 6.69. The van der Waals surface area contributed by atoms with Crippen molar-refractivity contribution in [1.82, 2.24) is 9.55 Å². The predicted octanol–water partition coefficient (Wildman–Crippen LogP) is 3.54. The molecule has 1 aliphatic rings. The normalized spacial score (nSPS) is 17.4. The van der Waals surface area contributed by atoms with Gasteiger partial charge in [-0.3, -0.25) is 0 Å². The van der Waals surface area contributed by atoms with Crippen LogP contribution in [0, 0.1) is 0 Å². The summed E-state index contributed by atoms with van der Waals surface area (Å²) >= 11 is 6.42. The van der Waals surface area contributed by atoms with Crippen LogP contribution in [0.4, 0.5) is 0 Å². The lowest BCUT2D eigenvalue weighted by Crippen LogP contribution is -2.25. The molecule has 3 aromatic rings. The van der Waals surface area contributed by atoms with Gasteiger partial charge < -0.3 is 23.9 Å². The summed E-state index contributed by atoms with van der Waals surface area (Å²) in [6.07, 6.45) is 2.48. The maximum Gasteiger partial charge on any atom is 0.192 e. The van der Waals surface area contributed by atoms with Crippen molar-refractivity contribution in [3.8, 4) is 5.75 Å². The maximum absolute atomic E-state index is 11.3. The monoisotopic (exact) mass is 388 g/mol. The van der Waals surface area contributed by atoms with Crippen molar-refractivity contribution in [3.05, 3.63) is 58.5 Å². The summed E-state index contributed by atoms with van der Waals surface area (Å²) in [5.74, 6) is -0.250. The third-order valence-electron chi connectivity index (χ3n) is 5.06. The summed E-state index contributed by atoms with van der Waals surface area (Å²) in [4.78, 5) is 4.17. The van der Waals surface area contributed by atoms with Crippen LogP contribution in [0.15, 0.2) is 36.7 Å². The molecule has 0 radical (unpaired) electrons. The van der Waals surface area contributed by atoms with Crippen LogP contribution in [0.25, 0.3) is 10.9 Å². The number of aryl methyl sites for hydroxylation is 1. The van der Waals surface area contributed by atoms with Crippen LogP contribution in [0.5, 0.6) is 5.75 Å². The number of ether oxygens (including phenoxy) is 3. The summed E-state index contributed by atoms with van der Waals surface area (Å²) in [5.41, 5.74) is 2.85. The first-order valence-electron chi connectivity index (χ1n) is 8.68. The number of aliphatic hydroxyl groups is 1. The minimum absolute atomic E-state index is 0.222. The molecule has 1 N–H and O–H groups in total. The second kappa shape index (κ2) is 6.80. The molecule has 27 heavy (non-hydrogen) atoms. The van der Waals surface area contributed by atoms with E-state index in [1.807, 2.05) is 42.9 Å². The van der Waals surface area contributed by atoms with E-state index in [1.54, 1.807) is 19.4 Å². The van der Waals surface area contributed by atoms with E-state index in [2.05, 4.69) is 4.98 Å². The molecule has 0 spiro atoms. The number of rotatable bonds is 4. The Morgan fingerprint density at radius 2 is 2.04 bits per heavy atom. The number of hydrogen-bond acceptors (Lipinski definition) is 5. The van der Waals surface area contributed by atoms with Gasteiger partial charge in [-0.25, -0.2) is 4.98 Å². The van der Waals surface area contributed by atoms with Crippen LogP contribution in [-0.2, 0) is 22.3 Å². The molecular formula is C20H21ClN2O4. The Bertz CT molecular complexity index is 995. The zero-order chi connectivity index (χ0) is 19.2. The number of methoxy groups -OCH3 is 1. The van der Waals surface area contributed by atoms with Crippen LogP contribution in [0.3, 0.4) is 0 Å². The number of hydrogen-bond donors (Lipinski definition) is 1. The van der Waals surface area contributed by atoms with Crippen molar-refractivity contribution in [2.45, 2.75) is 18.8 Å². The van der Waals surface area contributed by atoms with Gasteiger partial charge >= 0.3 is 0 Å². The summed E-state index contributed by atoms with van der Waals surface area (Å²) < 4.78 is 18.9. The molecule has 0 aliphatic carbocycles. The smallest absolute Gasteiger partial charge is 0.192 e. The van der Waals surface area contributed by atoms with Gasteiger partial charge in [-0.15, -0.1) is 0 Å². The average Bonchev–Trinajstić information content (AvgIpc) is 3.25. The van der Waals surface area contributed by atoms with E-state index in [4.69, 9.17) is 25.8 Å². The standard InChI is InChI=1S/C20H21ClN2O4/c1-20(26-8-9-27-20)15-6-7-22-19(21)17(15)18(24)14-11-23(2)16-5-4-12(25-3)10-13(14)16/h4-7,10-11,18,24H,8-9H2,1-3H3. The molecule has 3 heterocycles. The van der Waals surface area contributed by atoms with E-state index >= 15 is 0 Å². The van der Waals surface area contributed by atoms with Crippen LogP contribution >= 0.6 is 11.6 Å². The van der Waals surface area contributed by atoms with E-state index in [0.717, 1.165) is 10.9 Å². The van der Waals surface area contributed by atoms with Crippen molar-refractivity contribution < 1.29 is 19.3 Å². The number of aliphatic hydroxyl groups excluding tert-OH is 1. The molecule has 0 bridgehead atoms. The van der Waals surface area contributed by atoms with E-state index < -0.39 is 11.9 Å². The number of halogens is 1. The Balaban J connectivity index is 1.89. The lowest BCUT2D eigenvalue weighted by Gasteiger charge is -2.27. The van der Waals surface area contributed by atoms with Gasteiger partial charge in [-0.05, 0) is 31.2 Å². The van der Waals surface area contributed by atoms with E-state index in [-0.39, 0.29) is 5.15 Å². The predicted molar refractivity (Wildman–Crippen MR) is 102 cm³/mol. The van der Waals surface area contributed by atoms with Crippen LogP contribution in [0.2, 0.25) is 5.15 Å². The van der Waals surface area contributed by atoms with Crippen molar-refractivity contribution in [3.63, 3.8) is 0 Å². The van der Waals surface area contributed by atoms with Crippen LogP contribution in [0.1, 0.15) is 29.7 Å². The molecular weight excluding hydrogens is 368 g/mol. The Kier molecular flexibility index (Phi) is 4.60. The van der Waals surface area contributed by atoms with Crippen molar-refractivity contribution in [2.75, 3.05) is 20.3 Å². The molecule has 4 rings (SSSR count). The molecule has 1 fully saturated rings. The summed E-state index contributed by atoms with van der Waals surface area (Å²) in [6, 6.07) is 7.53. The fraction of sp³-hybridized carbons (Fsp3) is 0.350. The van der Waals surface area contributed by atoms with E-state index in [0.29, 0.717) is 35.7 Å². The SMILES string of the molecule is COc1ccc2c(c1)c(C(O)c1c(C3(C)OCCO3)ccnc1Cl)cn2C. The lowest BCUT2D eigenvalue weighted by molar-refractivity contribution is -0.150. The number of fused-ring (bicyclic) bond motifs is 1. The highest BCUT2D eigenvalue weighted by Crippen LogP contribution is 2.41. The van der Waals surface area contributed by atoms with E-state index in [9.17, 15) is 5.11 Å². The van der Waals surface area contributed by atoms with Gasteiger partial charge in [0.2, 0.25) is 0 Å². The average molecular weight is 389 g/mol. The van der Waals surface area contributed by atoms with Gasteiger partial charge in [-0.1, -0.05) is 11.6 Å². The molecule has 1 aromatic carbocycles. The molecule has 7 heteroatoms. The fourth-order valence-corrected chi connectivity index (χ4v) is 3.94. The van der Waals surface area contributed by atoms with Crippen LogP contribution < -0.4 is 4.74 Å². The third-order valence-corrected chi connectivity index (χ3v) is 5.37. The van der Waals surface area contributed by atoms with Gasteiger partial charge in [0.15, 0.2) is 5.79 Å². The molecule has 1 saturated heterocycles. The molecule has 6 nitrogen and oxygen atoms in total. The summed E-state index contributed by atoms with van der Waals surface area (Å²) in [6.45, 7) is 2.79. The molecule has 0 amide bonds. The minimum Gasteiger partial charge on any atom is -0.497 e. The molecule has 2 aromatic heterocycles. The zero-order valence-corrected chi connectivity index (χ0v) is 16.2. The van der Waals surface area contributed by atoms with Gasteiger partial charge in [0.25, 0.3) is 0 Å². The lowest BCUT2D eigenvalue weighted by atomic mass is 9.94. The second-order valence-corrected chi connectivity index (χ2v) is 7.04. The summed E-state index contributed by atoms with van der Waals surface area (Å²) in [7, 11) is 3.55. The zero-order valence-electron chi connectivity index (χ0n) is 15.4. The quantitative estimate of drug-likeness (QED) is 0.692. The Morgan fingerprint density at radius 3 is 2.74 bits per heavy atom. The molecule has 1 atom stereocenters. The highest BCUT2D eigenvalue weighted by Gasteiger charge is 2.38. The maximum atomic E-state index is 11.3. The van der Waals surface area contributed by atoms with Crippen molar-refractivity contribution >= 4 is 22.5 Å².